The van der Waals surface area contributed by atoms with E-state index in [2.05, 4.69) is 10.6 Å². The Morgan fingerprint density at radius 3 is 2.44 bits per heavy atom. The molecule has 0 bridgehead atoms. The molecule has 0 saturated carbocycles. The maximum absolute atomic E-state index is 13.0. The quantitative estimate of drug-likeness (QED) is 0.492. The number of hydrogen-bond donors (Lipinski definition) is 2. The van der Waals surface area contributed by atoms with Gasteiger partial charge in [0.05, 0.1) is 23.4 Å². The molecule has 1 aromatic heterocycles. The van der Waals surface area contributed by atoms with Gasteiger partial charge in [-0.05, 0) is 55.0 Å². The highest BCUT2D eigenvalue weighted by Crippen LogP contribution is 2.36. The van der Waals surface area contributed by atoms with Crippen molar-refractivity contribution >= 4 is 40.7 Å². The molecule has 0 aliphatic carbocycles. The maximum atomic E-state index is 13.0. The number of anilines is 2. The number of benzene rings is 2. The second kappa shape index (κ2) is 10.0. The van der Waals surface area contributed by atoms with Gasteiger partial charge < -0.3 is 20.0 Å². The minimum Gasteiger partial charge on any atom is -0.459 e. The SMILES string of the molecule is Cc1ccc(C(=O)N(C)CC(=O)Nc2ccc(Cl)c(C(F)(F)F)c2)cc1NC(=O)c1ccco1. The van der Waals surface area contributed by atoms with E-state index in [1.807, 2.05) is 0 Å². The molecule has 178 valence electrons. The first-order valence-electron chi connectivity index (χ1n) is 9.83. The van der Waals surface area contributed by atoms with Crippen molar-refractivity contribution in [3.05, 3.63) is 82.3 Å². The van der Waals surface area contributed by atoms with Crippen molar-refractivity contribution in [1.82, 2.24) is 4.90 Å². The summed E-state index contributed by atoms with van der Waals surface area (Å²) in [5.41, 5.74) is 0.0773. The molecule has 0 atom stereocenters. The number of hydrogen-bond acceptors (Lipinski definition) is 4. The number of alkyl halides is 3. The Morgan fingerprint density at radius 1 is 1.06 bits per heavy atom. The number of nitrogens with zero attached hydrogens (tertiary/aromatic N) is 1. The summed E-state index contributed by atoms with van der Waals surface area (Å²) in [6, 6.07) is 10.7. The molecule has 11 heteroatoms. The fourth-order valence-corrected chi connectivity index (χ4v) is 3.23. The van der Waals surface area contributed by atoms with Crippen molar-refractivity contribution in [2.45, 2.75) is 13.1 Å². The van der Waals surface area contributed by atoms with Gasteiger partial charge >= 0.3 is 6.18 Å². The van der Waals surface area contributed by atoms with E-state index in [0.717, 1.165) is 17.0 Å². The Hall–Kier alpha value is -3.79. The zero-order chi connectivity index (χ0) is 25.0. The lowest BCUT2D eigenvalue weighted by molar-refractivity contribution is -0.137. The van der Waals surface area contributed by atoms with E-state index in [9.17, 15) is 27.6 Å². The van der Waals surface area contributed by atoms with Gasteiger partial charge in [0.1, 0.15) is 0 Å². The van der Waals surface area contributed by atoms with Crippen LogP contribution in [-0.4, -0.2) is 36.2 Å². The molecule has 3 aromatic rings. The number of carbonyl (C=O) groups is 3. The first-order chi connectivity index (χ1) is 16.0. The van der Waals surface area contributed by atoms with Gasteiger partial charge in [-0.2, -0.15) is 13.2 Å². The van der Waals surface area contributed by atoms with Gasteiger partial charge in [-0.15, -0.1) is 0 Å². The van der Waals surface area contributed by atoms with Crippen molar-refractivity contribution in [2.24, 2.45) is 0 Å². The van der Waals surface area contributed by atoms with Crippen LogP contribution in [0, 0.1) is 6.92 Å². The van der Waals surface area contributed by atoms with E-state index >= 15 is 0 Å². The van der Waals surface area contributed by atoms with Gasteiger partial charge in [0, 0.05) is 24.0 Å². The van der Waals surface area contributed by atoms with Crippen LogP contribution in [0.15, 0.2) is 59.2 Å². The predicted molar refractivity (Wildman–Crippen MR) is 120 cm³/mol. The van der Waals surface area contributed by atoms with Crippen molar-refractivity contribution in [3.8, 4) is 0 Å². The minimum atomic E-state index is -4.68. The molecular weight excluding hydrogens is 475 g/mol. The van der Waals surface area contributed by atoms with E-state index < -0.39 is 41.0 Å². The number of aryl methyl sites for hydroxylation is 1. The molecule has 7 nitrogen and oxygen atoms in total. The average molecular weight is 494 g/mol. The van der Waals surface area contributed by atoms with Gasteiger partial charge in [-0.1, -0.05) is 17.7 Å². The molecular formula is C23H19ClF3N3O4. The summed E-state index contributed by atoms with van der Waals surface area (Å²) >= 11 is 5.58. The Balaban J connectivity index is 1.67. The van der Waals surface area contributed by atoms with Crippen molar-refractivity contribution < 1.29 is 32.0 Å². The van der Waals surface area contributed by atoms with Gasteiger partial charge in [-0.25, -0.2) is 0 Å². The molecule has 0 aliphatic heterocycles. The summed E-state index contributed by atoms with van der Waals surface area (Å²) in [6.07, 6.45) is -3.32. The fraction of sp³-hybridized carbons (Fsp3) is 0.174. The summed E-state index contributed by atoms with van der Waals surface area (Å²) in [5, 5.41) is 4.49. The molecule has 0 unspecified atom stereocenters. The Bertz CT molecular complexity index is 1230. The van der Waals surface area contributed by atoms with E-state index in [1.165, 1.54) is 37.6 Å². The molecule has 3 rings (SSSR count). The third kappa shape index (κ3) is 5.96. The lowest BCUT2D eigenvalue weighted by Crippen LogP contribution is -2.35. The van der Waals surface area contributed by atoms with Gasteiger partial charge in [0.25, 0.3) is 11.8 Å². The standard InChI is InChI=1S/C23H19ClF3N3O4/c1-13-5-6-14(10-18(13)29-21(32)19-4-3-9-34-19)22(33)30(2)12-20(31)28-15-7-8-17(24)16(11-15)23(25,26)27/h3-11H,12H2,1-2H3,(H,28,31)(H,29,32). The van der Waals surface area contributed by atoms with Gasteiger partial charge in [0.15, 0.2) is 5.76 Å². The molecule has 3 amide bonds. The van der Waals surface area contributed by atoms with Crippen LogP contribution in [-0.2, 0) is 11.0 Å². The molecule has 0 saturated heterocycles. The third-order valence-electron chi connectivity index (χ3n) is 4.76. The molecule has 34 heavy (non-hydrogen) atoms. The Kier molecular flexibility index (Phi) is 7.31. The van der Waals surface area contributed by atoms with Crippen LogP contribution in [0.5, 0.6) is 0 Å². The van der Waals surface area contributed by atoms with Crippen molar-refractivity contribution in [2.75, 3.05) is 24.2 Å². The summed E-state index contributed by atoms with van der Waals surface area (Å²) in [7, 11) is 1.37. The van der Waals surface area contributed by atoms with Crippen LogP contribution in [0.3, 0.4) is 0 Å². The number of nitrogens with one attached hydrogen (secondary N) is 2. The topological polar surface area (TPSA) is 91.7 Å². The van der Waals surface area contributed by atoms with Crippen LogP contribution < -0.4 is 10.6 Å². The number of halogens is 4. The molecule has 0 aliphatic rings. The van der Waals surface area contributed by atoms with Crippen LogP contribution >= 0.6 is 11.6 Å². The summed E-state index contributed by atoms with van der Waals surface area (Å²) < 4.78 is 44.1. The number of carbonyl (C=O) groups excluding carboxylic acids is 3. The fourth-order valence-electron chi connectivity index (χ4n) is 3.01. The molecule has 1 heterocycles. The second-order valence-electron chi connectivity index (χ2n) is 7.36. The smallest absolute Gasteiger partial charge is 0.417 e. The Morgan fingerprint density at radius 2 is 1.79 bits per heavy atom. The van der Waals surface area contributed by atoms with Crippen molar-refractivity contribution in [1.29, 1.82) is 0 Å². The highest BCUT2D eigenvalue weighted by Gasteiger charge is 2.33. The van der Waals surface area contributed by atoms with E-state index in [1.54, 1.807) is 19.1 Å². The van der Waals surface area contributed by atoms with E-state index in [0.29, 0.717) is 11.3 Å². The number of amides is 3. The van der Waals surface area contributed by atoms with Crippen LogP contribution in [0.4, 0.5) is 24.5 Å². The highest BCUT2D eigenvalue weighted by molar-refractivity contribution is 6.31. The summed E-state index contributed by atoms with van der Waals surface area (Å²) in [4.78, 5) is 38.4. The van der Waals surface area contributed by atoms with Gasteiger partial charge in [-0.3, -0.25) is 14.4 Å². The predicted octanol–water partition coefficient (Wildman–Crippen LogP) is 5.22. The lowest BCUT2D eigenvalue weighted by Gasteiger charge is -2.18. The van der Waals surface area contributed by atoms with E-state index in [-0.39, 0.29) is 17.0 Å². The second-order valence-corrected chi connectivity index (χ2v) is 7.77. The van der Waals surface area contributed by atoms with Gasteiger partial charge in [0.2, 0.25) is 5.91 Å². The number of rotatable bonds is 6. The first kappa shape index (κ1) is 24.8. The summed E-state index contributed by atoms with van der Waals surface area (Å²) in [5.74, 6) is -1.63. The Labute approximate surface area is 197 Å². The molecule has 0 radical (unpaired) electrons. The molecule has 2 N–H and O–H groups in total. The van der Waals surface area contributed by atoms with Crippen LogP contribution in [0.25, 0.3) is 0 Å². The molecule has 0 spiro atoms. The third-order valence-corrected chi connectivity index (χ3v) is 5.09. The van der Waals surface area contributed by atoms with Crippen molar-refractivity contribution in [3.63, 3.8) is 0 Å². The molecule has 0 fully saturated rings. The largest absolute Gasteiger partial charge is 0.459 e. The average Bonchev–Trinajstić information content (AvgIpc) is 3.30. The number of furan rings is 1. The molecule has 2 aromatic carbocycles. The summed E-state index contributed by atoms with van der Waals surface area (Å²) in [6.45, 7) is 1.31. The monoisotopic (exact) mass is 493 g/mol. The number of likely N-dealkylation sites (N-methyl/N-ethyl adjacent to an activating group) is 1. The maximum Gasteiger partial charge on any atom is 0.417 e. The normalized spacial score (nSPS) is 11.1. The van der Waals surface area contributed by atoms with E-state index in [4.69, 9.17) is 16.0 Å². The minimum absolute atomic E-state index is 0.0980. The highest BCUT2D eigenvalue weighted by atomic mass is 35.5. The zero-order valence-corrected chi connectivity index (χ0v) is 18.8. The lowest BCUT2D eigenvalue weighted by atomic mass is 10.1. The first-order valence-corrected chi connectivity index (χ1v) is 10.2. The zero-order valence-electron chi connectivity index (χ0n) is 18.0. The van der Waals surface area contributed by atoms with Crippen LogP contribution in [0.2, 0.25) is 5.02 Å². The van der Waals surface area contributed by atoms with Crippen LogP contribution in [0.1, 0.15) is 32.0 Å².